The summed E-state index contributed by atoms with van der Waals surface area (Å²) in [6, 6.07) is 9.65. The molecule has 6 heteroatoms. The van der Waals surface area contributed by atoms with Crippen molar-refractivity contribution in [2.24, 2.45) is 0 Å². The summed E-state index contributed by atoms with van der Waals surface area (Å²) in [6.45, 7) is 1.96. The van der Waals surface area contributed by atoms with Crippen molar-refractivity contribution < 1.29 is 0 Å². The normalized spacial score (nSPS) is 10.8. The largest absolute Gasteiger partial charge is 0.246 e. The Morgan fingerprint density at radius 3 is 2.24 bits per heavy atom. The molecule has 21 heavy (non-hydrogen) atoms. The molecule has 0 fully saturated rings. The molecule has 0 aliphatic rings. The molecule has 0 radical (unpaired) electrons. The topological polar surface area (TPSA) is 38.7 Å². The molecule has 0 spiro atoms. The van der Waals surface area contributed by atoms with Gasteiger partial charge in [-0.15, -0.1) is 11.3 Å². The number of thiazole rings is 1. The minimum absolute atomic E-state index is 0.365. The Morgan fingerprint density at radius 2 is 1.67 bits per heavy atom. The van der Waals surface area contributed by atoms with E-state index in [1.54, 1.807) is 11.3 Å². The summed E-state index contributed by atoms with van der Waals surface area (Å²) in [4.78, 5) is 13.1. The van der Waals surface area contributed by atoms with Crippen LogP contribution >= 0.6 is 34.5 Å². The van der Waals surface area contributed by atoms with Gasteiger partial charge < -0.3 is 0 Å². The molecule has 1 aromatic carbocycles. The molecule has 3 rings (SSSR count). The predicted molar refractivity (Wildman–Crippen MR) is 87.1 cm³/mol. The van der Waals surface area contributed by atoms with E-state index < -0.39 is 0 Å². The summed E-state index contributed by atoms with van der Waals surface area (Å²) in [7, 11) is 0. The van der Waals surface area contributed by atoms with Crippen LogP contribution in [0.1, 0.15) is 16.5 Å². The maximum atomic E-state index is 6.29. The number of aromatic nitrogens is 3. The van der Waals surface area contributed by atoms with Gasteiger partial charge in [0.25, 0.3) is 0 Å². The average Bonchev–Trinajstić information content (AvgIpc) is 2.84. The van der Waals surface area contributed by atoms with Crippen LogP contribution < -0.4 is 0 Å². The van der Waals surface area contributed by atoms with Crippen molar-refractivity contribution in [3.8, 4) is 11.1 Å². The second-order valence-corrected chi connectivity index (χ2v) is 6.18. The maximum Gasteiger partial charge on any atom is 0.142 e. The Morgan fingerprint density at radius 1 is 1.00 bits per heavy atom. The van der Waals surface area contributed by atoms with E-state index in [-0.39, 0.29) is 0 Å². The lowest BCUT2D eigenvalue weighted by Crippen LogP contribution is -1.99. The average molecular weight is 336 g/mol. The van der Waals surface area contributed by atoms with E-state index in [1.165, 1.54) is 0 Å². The summed E-state index contributed by atoms with van der Waals surface area (Å²) < 4.78 is 0. The highest BCUT2D eigenvalue weighted by Gasteiger charge is 2.14. The lowest BCUT2D eigenvalue weighted by molar-refractivity contribution is 0.954. The van der Waals surface area contributed by atoms with Crippen molar-refractivity contribution in [2.45, 2.75) is 13.3 Å². The molecule has 0 aliphatic heterocycles. The fraction of sp³-hybridized carbons (Fsp3) is 0.133. The number of hydrogen-bond donors (Lipinski definition) is 0. The smallest absolute Gasteiger partial charge is 0.142 e. The molecule has 0 amide bonds. The molecule has 0 bridgehead atoms. The fourth-order valence-electron chi connectivity index (χ4n) is 1.99. The van der Waals surface area contributed by atoms with E-state index in [2.05, 4.69) is 15.0 Å². The van der Waals surface area contributed by atoms with Crippen molar-refractivity contribution in [1.29, 1.82) is 0 Å². The monoisotopic (exact) mass is 335 g/mol. The van der Waals surface area contributed by atoms with Gasteiger partial charge in [-0.2, -0.15) is 0 Å². The highest BCUT2D eigenvalue weighted by Crippen LogP contribution is 2.32. The van der Waals surface area contributed by atoms with Crippen LogP contribution in [0.2, 0.25) is 10.3 Å². The first-order chi connectivity index (χ1) is 10.1. The van der Waals surface area contributed by atoms with Crippen molar-refractivity contribution >= 4 is 34.5 Å². The van der Waals surface area contributed by atoms with Gasteiger partial charge in [-0.3, -0.25) is 0 Å². The van der Waals surface area contributed by atoms with E-state index in [9.17, 15) is 0 Å². The van der Waals surface area contributed by atoms with Gasteiger partial charge in [0.15, 0.2) is 0 Å². The highest BCUT2D eigenvalue weighted by molar-refractivity contribution is 7.09. The van der Waals surface area contributed by atoms with Crippen LogP contribution in [0.15, 0.2) is 35.7 Å². The molecule has 3 nitrogen and oxygen atoms in total. The van der Waals surface area contributed by atoms with Crippen LogP contribution in [-0.2, 0) is 6.42 Å². The maximum absolute atomic E-state index is 6.29. The zero-order valence-electron chi connectivity index (χ0n) is 11.2. The van der Waals surface area contributed by atoms with Gasteiger partial charge in [0.1, 0.15) is 21.1 Å². The summed E-state index contributed by atoms with van der Waals surface area (Å²) in [5, 5.41) is 3.68. The number of benzene rings is 1. The first-order valence-corrected chi connectivity index (χ1v) is 7.95. The van der Waals surface area contributed by atoms with Gasteiger partial charge in [-0.25, -0.2) is 15.0 Å². The Kier molecular flexibility index (Phi) is 4.19. The lowest BCUT2D eigenvalue weighted by Gasteiger charge is -2.07. The van der Waals surface area contributed by atoms with Crippen molar-refractivity contribution in [2.75, 3.05) is 0 Å². The minimum atomic E-state index is 0.365. The highest BCUT2D eigenvalue weighted by atomic mass is 35.5. The second-order valence-electron chi connectivity index (χ2n) is 4.52. The molecule has 0 unspecified atom stereocenters. The number of halogens is 2. The van der Waals surface area contributed by atoms with Crippen molar-refractivity contribution in [1.82, 2.24) is 15.0 Å². The van der Waals surface area contributed by atoms with Crippen LogP contribution in [-0.4, -0.2) is 15.0 Å². The first kappa shape index (κ1) is 14.4. The third-order valence-electron chi connectivity index (χ3n) is 2.91. The lowest BCUT2D eigenvalue weighted by atomic mass is 10.1. The van der Waals surface area contributed by atoms with Gasteiger partial charge in [0, 0.05) is 11.1 Å². The number of hydrogen-bond acceptors (Lipinski definition) is 4. The number of rotatable bonds is 3. The fourth-order valence-corrected chi connectivity index (χ4v) is 3.40. The molecular formula is C15H11Cl2N3S. The molecule has 0 saturated heterocycles. The van der Waals surface area contributed by atoms with Gasteiger partial charge in [0.2, 0.25) is 0 Å². The summed E-state index contributed by atoms with van der Waals surface area (Å²) in [5.74, 6) is 0.582. The molecule has 2 aromatic heterocycles. The van der Waals surface area contributed by atoms with E-state index in [1.807, 2.05) is 42.6 Å². The van der Waals surface area contributed by atoms with E-state index >= 15 is 0 Å². The molecular weight excluding hydrogens is 325 g/mol. The molecule has 0 N–H and O–H groups in total. The quantitative estimate of drug-likeness (QED) is 0.645. The van der Waals surface area contributed by atoms with Crippen LogP contribution in [0.3, 0.4) is 0 Å². The zero-order chi connectivity index (χ0) is 14.8. The van der Waals surface area contributed by atoms with Gasteiger partial charge in [-0.1, -0.05) is 53.5 Å². The molecule has 0 aliphatic carbocycles. The SMILES string of the molecule is Cc1csc(Cc2nc(Cl)c(-c3ccccc3)c(Cl)n2)n1. The second kappa shape index (κ2) is 6.10. The van der Waals surface area contributed by atoms with Crippen LogP contribution in [0.25, 0.3) is 11.1 Å². The Labute approximate surface area is 136 Å². The van der Waals surface area contributed by atoms with Crippen molar-refractivity contribution in [3.05, 3.63) is 62.5 Å². The Hall–Kier alpha value is -1.49. The molecule has 0 atom stereocenters. The van der Waals surface area contributed by atoms with Crippen LogP contribution in [0, 0.1) is 6.92 Å². The summed E-state index contributed by atoms with van der Waals surface area (Å²) in [5.41, 5.74) is 2.57. The summed E-state index contributed by atoms with van der Waals surface area (Å²) >= 11 is 14.2. The van der Waals surface area contributed by atoms with E-state index in [0.717, 1.165) is 16.3 Å². The van der Waals surface area contributed by atoms with E-state index in [4.69, 9.17) is 23.2 Å². The first-order valence-electron chi connectivity index (χ1n) is 6.32. The Balaban J connectivity index is 1.96. The van der Waals surface area contributed by atoms with Crippen molar-refractivity contribution in [3.63, 3.8) is 0 Å². The van der Waals surface area contributed by atoms with Gasteiger partial charge >= 0.3 is 0 Å². The van der Waals surface area contributed by atoms with Crippen LogP contribution in [0.4, 0.5) is 0 Å². The summed E-state index contributed by atoms with van der Waals surface area (Å²) in [6.07, 6.45) is 0.535. The third kappa shape index (κ3) is 3.23. The molecule has 106 valence electrons. The Bertz CT molecular complexity index is 749. The van der Waals surface area contributed by atoms with Gasteiger partial charge in [0.05, 0.1) is 12.0 Å². The minimum Gasteiger partial charge on any atom is -0.246 e. The van der Waals surface area contributed by atoms with E-state index in [0.29, 0.717) is 28.1 Å². The molecule has 2 heterocycles. The zero-order valence-corrected chi connectivity index (χ0v) is 13.5. The van der Waals surface area contributed by atoms with Gasteiger partial charge in [-0.05, 0) is 12.5 Å². The molecule has 3 aromatic rings. The third-order valence-corrected chi connectivity index (χ3v) is 4.42. The predicted octanol–water partition coefficient (Wildman–Crippen LogP) is 4.81. The standard InChI is InChI=1S/C15H11Cl2N3S/c1-9-8-21-12(18-9)7-11-19-14(16)13(15(17)20-11)10-5-3-2-4-6-10/h2-6,8H,7H2,1H3. The molecule has 0 saturated carbocycles. The van der Waals surface area contributed by atoms with Crippen LogP contribution in [0.5, 0.6) is 0 Å². The number of aryl methyl sites for hydroxylation is 1. The number of nitrogens with zero attached hydrogens (tertiary/aromatic N) is 3.